The van der Waals surface area contributed by atoms with Gasteiger partial charge in [0.05, 0.1) is 0 Å². The molecule has 0 atom stereocenters. The summed E-state index contributed by atoms with van der Waals surface area (Å²) in [6, 6.07) is 0. The topological polar surface area (TPSA) is 53.5 Å². The second-order valence-corrected chi connectivity index (χ2v) is 5.18. The zero-order valence-electron chi connectivity index (χ0n) is 10.7. The molecule has 0 heterocycles. The highest BCUT2D eigenvalue weighted by Crippen LogP contribution is 2.34. The highest BCUT2D eigenvalue weighted by molar-refractivity contribution is 6.08. The number of hydrogen-bond donors (Lipinski definition) is 0. The summed E-state index contributed by atoms with van der Waals surface area (Å²) in [5.74, 6) is 0.125. The van der Waals surface area contributed by atoms with E-state index >= 15 is 0 Å². The maximum Gasteiger partial charge on any atom is 0.295 e. The normalized spacial score (nSPS) is 17.5. The minimum Gasteiger partial charge on any atom is -0.361 e. The molecule has 0 spiro atoms. The van der Waals surface area contributed by atoms with Gasteiger partial charge in [0, 0.05) is 17.4 Å². The molecule has 0 amide bonds. The van der Waals surface area contributed by atoms with Crippen molar-refractivity contribution in [2.75, 3.05) is 0 Å². The summed E-state index contributed by atoms with van der Waals surface area (Å²) in [6.07, 6.45) is 7.87. The first-order valence-corrected chi connectivity index (χ1v) is 6.08. The molecule has 0 saturated carbocycles. The molecule has 0 saturated heterocycles. The Balaban J connectivity index is 2.59. The van der Waals surface area contributed by atoms with E-state index in [1.807, 2.05) is 19.9 Å². The van der Waals surface area contributed by atoms with Crippen LogP contribution >= 0.6 is 0 Å². The van der Waals surface area contributed by atoms with Crippen molar-refractivity contribution in [3.63, 3.8) is 0 Å². The number of carbonyl (C=O) groups is 1. The van der Waals surface area contributed by atoms with Crippen LogP contribution in [-0.4, -0.2) is 16.3 Å². The molecule has 92 valence electrons. The maximum absolute atomic E-state index is 11.7. The van der Waals surface area contributed by atoms with E-state index in [2.05, 4.69) is 11.4 Å². The van der Waals surface area contributed by atoms with Gasteiger partial charge in [-0.3, -0.25) is 4.79 Å². The number of carbonyl (C=O) groups excluding carboxylic acids is 1. The van der Waals surface area contributed by atoms with Crippen molar-refractivity contribution in [2.45, 2.75) is 46.0 Å². The monoisotopic (exact) mass is 232 g/mol. The van der Waals surface area contributed by atoms with Crippen molar-refractivity contribution in [3.8, 4) is 0 Å². The molecule has 1 aliphatic rings. The lowest BCUT2D eigenvalue weighted by atomic mass is 9.87. The second-order valence-electron chi connectivity index (χ2n) is 5.18. The van der Waals surface area contributed by atoms with Crippen molar-refractivity contribution in [1.82, 2.24) is 0 Å². The first-order valence-electron chi connectivity index (χ1n) is 6.08. The quantitative estimate of drug-likeness (QED) is 0.228. The molecule has 1 rings (SSSR count). The fourth-order valence-electron chi connectivity index (χ4n) is 2.01. The van der Waals surface area contributed by atoms with E-state index in [1.165, 1.54) is 0 Å². The van der Waals surface area contributed by atoms with Crippen LogP contribution in [0.1, 0.15) is 46.0 Å². The Hall–Kier alpha value is -1.47. The van der Waals surface area contributed by atoms with E-state index < -0.39 is 0 Å². The molecule has 0 aromatic rings. The largest absolute Gasteiger partial charge is 0.361 e. The Kier molecular flexibility index (Phi) is 4.59. The molecule has 0 bridgehead atoms. The highest BCUT2D eigenvalue weighted by atomic mass is 16.1. The lowest BCUT2D eigenvalue weighted by Gasteiger charge is -2.13. The van der Waals surface area contributed by atoms with Gasteiger partial charge < -0.3 is 5.53 Å². The van der Waals surface area contributed by atoms with Gasteiger partial charge in [-0.1, -0.05) is 19.9 Å². The minimum atomic E-state index is -0.341. The van der Waals surface area contributed by atoms with E-state index in [0.717, 1.165) is 31.3 Å². The number of hydrogen-bond acceptors (Lipinski definition) is 1. The fourth-order valence-corrected chi connectivity index (χ4v) is 2.01. The van der Waals surface area contributed by atoms with Crippen LogP contribution in [-0.2, 0) is 4.79 Å². The summed E-state index contributed by atoms with van der Waals surface area (Å²) in [5.41, 5.74) is 10.2. The van der Waals surface area contributed by atoms with Gasteiger partial charge in [-0.2, -0.15) is 4.79 Å². The summed E-state index contributed by atoms with van der Waals surface area (Å²) < 4.78 is 0. The summed E-state index contributed by atoms with van der Waals surface area (Å²) in [5, 5.41) is 0. The average Bonchev–Trinajstić information content (AvgIpc) is 2.53. The lowest BCUT2D eigenvalue weighted by molar-refractivity contribution is -0.121. The van der Waals surface area contributed by atoms with Crippen LogP contribution in [0.4, 0.5) is 0 Å². The zero-order valence-corrected chi connectivity index (χ0v) is 10.7. The molecule has 0 fully saturated rings. The Labute approximate surface area is 103 Å². The van der Waals surface area contributed by atoms with Gasteiger partial charge in [0.25, 0.3) is 5.71 Å². The van der Waals surface area contributed by atoms with Crippen LogP contribution in [0, 0.1) is 5.41 Å². The summed E-state index contributed by atoms with van der Waals surface area (Å²) >= 11 is 0. The van der Waals surface area contributed by atoms with Crippen molar-refractivity contribution in [1.29, 1.82) is 0 Å². The molecule has 0 aliphatic heterocycles. The van der Waals surface area contributed by atoms with Gasteiger partial charge in [-0.15, -0.1) is 6.58 Å². The molecule has 3 nitrogen and oxygen atoms in total. The Morgan fingerprint density at radius 3 is 2.76 bits per heavy atom. The van der Waals surface area contributed by atoms with Gasteiger partial charge in [-0.05, 0) is 31.8 Å². The van der Waals surface area contributed by atoms with Crippen molar-refractivity contribution in [2.24, 2.45) is 5.41 Å². The van der Waals surface area contributed by atoms with E-state index in [4.69, 9.17) is 5.53 Å². The molecule has 0 aromatic heterocycles. The number of unbranched alkanes of at least 4 members (excludes halogenated alkanes) is 2. The molecule has 3 heteroatoms. The number of allylic oxidation sites excluding steroid dienone is 3. The Morgan fingerprint density at radius 2 is 2.29 bits per heavy atom. The van der Waals surface area contributed by atoms with Gasteiger partial charge in [-0.25, -0.2) is 0 Å². The van der Waals surface area contributed by atoms with Crippen LogP contribution in [0.3, 0.4) is 0 Å². The van der Waals surface area contributed by atoms with Gasteiger partial charge in [0.2, 0.25) is 0 Å². The molecular formula is C14H20N2O. The molecule has 0 radical (unpaired) electrons. The van der Waals surface area contributed by atoms with Crippen LogP contribution in [0.2, 0.25) is 0 Å². The average molecular weight is 232 g/mol. The molecule has 0 aromatic carbocycles. The highest BCUT2D eigenvalue weighted by Gasteiger charge is 2.36. The van der Waals surface area contributed by atoms with E-state index in [-0.39, 0.29) is 11.2 Å². The van der Waals surface area contributed by atoms with Gasteiger partial charge in [0.1, 0.15) is 0 Å². The number of nitrogens with zero attached hydrogens (tertiary/aromatic N) is 2. The third-order valence-corrected chi connectivity index (χ3v) is 3.17. The third kappa shape index (κ3) is 3.50. The molecular weight excluding hydrogens is 212 g/mol. The second kappa shape index (κ2) is 5.74. The molecule has 17 heavy (non-hydrogen) atoms. The smallest absolute Gasteiger partial charge is 0.295 e. The van der Waals surface area contributed by atoms with Crippen LogP contribution in [0.25, 0.3) is 5.53 Å². The van der Waals surface area contributed by atoms with Crippen LogP contribution in [0.5, 0.6) is 0 Å². The summed E-state index contributed by atoms with van der Waals surface area (Å²) in [6.45, 7) is 7.51. The van der Waals surface area contributed by atoms with E-state index in [0.29, 0.717) is 12.1 Å². The van der Waals surface area contributed by atoms with E-state index in [9.17, 15) is 4.79 Å². The Morgan fingerprint density at radius 1 is 1.59 bits per heavy atom. The zero-order chi connectivity index (χ0) is 12.9. The van der Waals surface area contributed by atoms with Crippen molar-refractivity contribution in [3.05, 3.63) is 29.8 Å². The minimum absolute atomic E-state index is 0.125. The molecule has 0 N–H and O–H groups in total. The van der Waals surface area contributed by atoms with Crippen LogP contribution < -0.4 is 0 Å². The number of rotatable bonds is 6. The number of ketones is 1. The first-order chi connectivity index (χ1) is 8.01. The fraction of sp³-hybridized carbons (Fsp3) is 0.571. The third-order valence-electron chi connectivity index (χ3n) is 3.17. The van der Waals surface area contributed by atoms with Gasteiger partial charge in [0.15, 0.2) is 5.78 Å². The predicted molar refractivity (Wildman–Crippen MR) is 68.8 cm³/mol. The Bertz CT molecular complexity index is 398. The van der Waals surface area contributed by atoms with Crippen molar-refractivity contribution < 1.29 is 9.58 Å². The standard InChI is InChI=1S/C14H20N2O/c1-4-5-6-7-8-12(16-15)11-9-13(17)14(2,3)10-11/h4,9H,1,5-8,10H2,2-3H3. The van der Waals surface area contributed by atoms with Gasteiger partial charge >= 0.3 is 0 Å². The summed E-state index contributed by atoms with van der Waals surface area (Å²) in [7, 11) is 0. The summed E-state index contributed by atoms with van der Waals surface area (Å²) in [4.78, 5) is 15.0. The molecule has 0 unspecified atom stereocenters. The SMILES string of the molecule is C=CCCCCC(=[N+]=[N-])C1=CC(=O)C(C)(C)C1. The molecule has 1 aliphatic carbocycles. The first kappa shape index (κ1) is 13.6. The predicted octanol–water partition coefficient (Wildman–Crippen LogP) is 3.33. The van der Waals surface area contributed by atoms with Crippen molar-refractivity contribution >= 4 is 11.5 Å². The maximum atomic E-state index is 11.7. The van der Waals surface area contributed by atoms with Crippen LogP contribution in [0.15, 0.2) is 24.3 Å². The van der Waals surface area contributed by atoms with E-state index in [1.54, 1.807) is 6.08 Å². The lowest BCUT2D eigenvalue weighted by Crippen LogP contribution is -2.17.